The first-order valence-electron chi connectivity index (χ1n) is 12.2. The maximum atomic E-state index is 13.0. The Bertz CT molecular complexity index is 1120. The van der Waals surface area contributed by atoms with Crippen molar-refractivity contribution in [1.82, 2.24) is 15.2 Å². The van der Waals surface area contributed by atoms with E-state index in [9.17, 15) is 14.4 Å². The lowest BCUT2D eigenvalue weighted by atomic mass is 9.97. The number of ether oxygens (including phenoxy) is 3. The lowest BCUT2D eigenvalue weighted by Crippen LogP contribution is -2.37. The molecular weight excluding hydrogens is 462 g/mol. The summed E-state index contributed by atoms with van der Waals surface area (Å²) in [6.07, 6.45) is 1.06. The Hall–Kier alpha value is -3.62. The maximum Gasteiger partial charge on any atom is 0.359 e. The third-order valence-electron chi connectivity index (χ3n) is 6.00. The van der Waals surface area contributed by atoms with Crippen LogP contribution in [0.2, 0.25) is 0 Å². The van der Waals surface area contributed by atoms with E-state index in [0.717, 1.165) is 5.56 Å². The van der Waals surface area contributed by atoms with Gasteiger partial charge in [0.05, 0.1) is 19.3 Å². The fourth-order valence-corrected chi connectivity index (χ4v) is 4.16. The van der Waals surface area contributed by atoms with Gasteiger partial charge >= 0.3 is 5.97 Å². The van der Waals surface area contributed by atoms with Crippen molar-refractivity contribution < 1.29 is 28.6 Å². The first-order valence-corrected chi connectivity index (χ1v) is 12.2. The number of esters is 1. The minimum atomic E-state index is -0.730. The number of amides is 2. The van der Waals surface area contributed by atoms with Crippen molar-refractivity contribution in [3.8, 4) is 11.5 Å². The van der Waals surface area contributed by atoms with Crippen LogP contribution in [0.15, 0.2) is 30.5 Å². The summed E-state index contributed by atoms with van der Waals surface area (Å²) in [4.78, 5) is 43.1. The molecule has 1 aliphatic heterocycles. The molecule has 2 heterocycles. The number of carbonyl (C=O) groups excluding carboxylic acids is 3. The van der Waals surface area contributed by atoms with Gasteiger partial charge in [0.25, 0.3) is 5.91 Å². The highest BCUT2D eigenvalue weighted by Crippen LogP contribution is 2.37. The van der Waals surface area contributed by atoms with Crippen LogP contribution in [0, 0.1) is 12.8 Å². The molecule has 1 N–H and O–H groups in total. The van der Waals surface area contributed by atoms with E-state index >= 15 is 0 Å². The Balaban J connectivity index is 1.77. The number of aryl methyl sites for hydroxylation is 1. The molecule has 2 atom stereocenters. The van der Waals surface area contributed by atoms with Crippen molar-refractivity contribution in [3.05, 3.63) is 52.8 Å². The molecule has 1 saturated heterocycles. The molecular formula is C27H35N3O6. The Morgan fingerprint density at radius 1 is 1.19 bits per heavy atom. The normalized spacial score (nSPS) is 17.1. The molecule has 9 heteroatoms. The van der Waals surface area contributed by atoms with E-state index in [-0.39, 0.29) is 23.4 Å². The van der Waals surface area contributed by atoms with E-state index in [2.05, 4.69) is 24.1 Å². The predicted octanol–water partition coefficient (Wildman–Crippen LogP) is 3.70. The summed E-state index contributed by atoms with van der Waals surface area (Å²) < 4.78 is 17.1. The van der Waals surface area contributed by atoms with Gasteiger partial charge in [-0.2, -0.15) is 0 Å². The monoisotopic (exact) mass is 497 g/mol. The summed E-state index contributed by atoms with van der Waals surface area (Å²) in [5.41, 5.74) is 1.98. The van der Waals surface area contributed by atoms with Gasteiger partial charge in [-0.15, -0.1) is 0 Å². The van der Waals surface area contributed by atoms with Crippen molar-refractivity contribution in [3.63, 3.8) is 0 Å². The standard InChI is InChI=1S/C27H35N3O6/c1-7-28-26(32)20-10-17(4)25(29-13-20)27(33)36-24-12-21(14-30(24)18(5)31)19-8-9-22(34-6)23(11-19)35-15-16(2)3/h8-11,13,16,21,24H,7,12,14-15H2,1-6H3,(H,28,32)/t21-,24-/m1/s1. The second-order valence-electron chi connectivity index (χ2n) is 9.33. The van der Waals surface area contributed by atoms with Crippen LogP contribution in [0.3, 0.4) is 0 Å². The number of methoxy groups -OCH3 is 1. The molecule has 1 aliphatic rings. The zero-order valence-electron chi connectivity index (χ0n) is 21.8. The van der Waals surface area contributed by atoms with E-state index in [1.807, 2.05) is 25.1 Å². The summed E-state index contributed by atoms with van der Waals surface area (Å²) in [7, 11) is 1.60. The molecule has 194 valence electrons. The Labute approximate surface area is 212 Å². The van der Waals surface area contributed by atoms with Crippen molar-refractivity contribution in [2.24, 2.45) is 5.92 Å². The number of benzene rings is 1. The van der Waals surface area contributed by atoms with Crippen LogP contribution < -0.4 is 14.8 Å². The SMILES string of the molecule is CCNC(=O)c1cnc(C(=O)O[C@@H]2C[C@@H](c3ccc(OC)c(OCC(C)C)c3)CN2C(C)=O)c(C)c1. The lowest BCUT2D eigenvalue weighted by Gasteiger charge is -2.23. The van der Waals surface area contributed by atoms with E-state index in [4.69, 9.17) is 14.2 Å². The third-order valence-corrected chi connectivity index (χ3v) is 6.00. The van der Waals surface area contributed by atoms with Gasteiger partial charge < -0.3 is 24.4 Å². The van der Waals surface area contributed by atoms with E-state index in [1.165, 1.54) is 13.1 Å². The second-order valence-corrected chi connectivity index (χ2v) is 9.33. The Morgan fingerprint density at radius 3 is 2.56 bits per heavy atom. The molecule has 36 heavy (non-hydrogen) atoms. The van der Waals surface area contributed by atoms with Crippen LogP contribution in [-0.4, -0.2) is 60.7 Å². The van der Waals surface area contributed by atoms with Gasteiger partial charge in [-0.1, -0.05) is 19.9 Å². The number of likely N-dealkylation sites (tertiary alicyclic amines) is 1. The maximum absolute atomic E-state index is 13.0. The first-order chi connectivity index (χ1) is 17.1. The number of hydrogen-bond acceptors (Lipinski definition) is 7. The first kappa shape index (κ1) is 27.0. The Kier molecular flexibility index (Phi) is 8.90. The molecule has 0 saturated carbocycles. The molecule has 0 spiro atoms. The average Bonchev–Trinajstić information content (AvgIpc) is 3.26. The number of nitrogens with zero attached hydrogens (tertiary/aromatic N) is 2. The zero-order chi connectivity index (χ0) is 26.4. The lowest BCUT2D eigenvalue weighted by molar-refractivity contribution is -0.135. The third kappa shape index (κ3) is 6.33. The zero-order valence-corrected chi connectivity index (χ0v) is 21.8. The topological polar surface area (TPSA) is 107 Å². The number of hydrogen-bond donors (Lipinski definition) is 1. The molecule has 3 rings (SSSR count). The van der Waals surface area contributed by atoms with Crippen molar-refractivity contribution in [2.45, 2.75) is 53.2 Å². The van der Waals surface area contributed by atoms with Crippen LogP contribution in [0.25, 0.3) is 0 Å². The highest BCUT2D eigenvalue weighted by atomic mass is 16.6. The molecule has 0 unspecified atom stereocenters. The van der Waals surface area contributed by atoms with Gasteiger partial charge in [0.2, 0.25) is 5.91 Å². The molecule has 1 fully saturated rings. The van der Waals surface area contributed by atoms with E-state index in [1.54, 1.807) is 25.0 Å². The van der Waals surface area contributed by atoms with Crippen molar-refractivity contribution >= 4 is 17.8 Å². The summed E-state index contributed by atoms with van der Waals surface area (Å²) in [6.45, 7) is 10.6. The molecule has 1 aromatic carbocycles. The summed E-state index contributed by atoms with van der Waals surface area (Å²) in [5, 5.41) is 2.70. The average molecular weight is 498 g/mol. The van der Waals surface area contributed by atoms with Crippen LogP contribution in [-0.2, 0) is 9.53 Å². The molecule has 2 aromatic rings. The van der Waals surface area contributed by atoms with E-state index in [0.29, 0.717) is 54.7 Å². The van der Waals surface area contributed by atoms with Crippen LogP contribution in [0.4, 0.5) is 0 Å². The molecule has 0 aliphatic carbocycles. The highest BCUT2D eigenvalue weighted by molar-refractivity contribution is 5.95. The minimum Gasteiger partial charge on any atom is -0.493 e. The molecule has 9 nitrogen and oxygen atoms in total. The largest absolute Gasteiger partial charge is 0.493 e. The van der Waals surface area contributed by atoms with Crippen LogP contribution >= 0.6 is 0 Å². The molecule has 1 aromatic heterocycles. The number of carbonyl (C=O) groups is 3. The van der Waals surface area contributed by atoms with Gasteiger partial charge in [0, 0.05) is 38.5 Å². The summed E-state index contributed by atoms with van der Waals surface area (Å²) >= 11 is 0. The van der Waals surface area contributed by atoms with Gasteiger partial charge in [-0.3, -0.25) is 9.59 Å². The van der Waals surface area contributed by atoms with Crippen LogP contribution in [0.5, 0.6) is 11.5 Å². The number of nitrogens with one attached hydrogen (secondary N) is 1. The number of aromatic nitrogens is 1. The second kappa shape index (κ2) is 11.9. The minimum absolute atomic E-state index is 0.0480. The summed E-state index contributed by atoms with van der Waals surface area (Å²) in [6, 6.07) is 7.33. The molecule has 2 amide bonds. The number of rotatable bonds is 9. The quantitative estimate of drug-likeness (QED) is 0.527. The Morgan fingerprint density at radius 2 is 1.94 bits per heavy atom. The molecule has 0 radical (unpaired) electrons. The highest BCUT2D eigenvalue weighted by Gasteiger charge is 2.38. The predicted molar refractivity (Wildman–Crippen MR) is 134 cm³/mol. The van der Waals surface area contributed by atoms with Gasteiger partial charge in [0.1, 0.15) is 0 Å². The van der Waals surface area contributed by atoms with Crippen molar-refractivity contribution in [1.29, 1.82) is 0 Å². The van der Waals surface area contributed by atoms with Gasteiger partial charge in [0.15, 0.2) is 23.4 Å². The van der Waals surface area contributed by atoms with Crippen LogP contribution in [0.1, 0.15) is 72.0 Å². The van der Waals surface area contributed by atoms with Gasteiger partial charge in [-0.05, 0) is 49.1 Å². The number of pyridine rings is 1. The fourth-order valence-electron chi connectivity index (χ4n) is 4.16. The fraction of sp³-hybridized carbons (Fsp3) is 0.481. The molecule has 0 bridgehead atoms. The summed E-state index contributed by atoms with van der Waals surface area (Å²) in [5.74, 6) is 0.513. The van der Waals surface area contributed by atoms with Gasteiger partial charge in [-0.25, -0.2) is 9.78 Å². The van der Waals surface area contributed by atoms with E-state index < -0.39 is 12.2 Å². The smallest absolute Gasteiger partial charge is 0.359 e. The van der Waals surface area contributed by atoms with Crippen molar-refractivity contribution in [2.75, 3.05) is 26.8 Å².